The molecule has 0 N–H and O–H groups in total. The summed E-state index contributed by atoms with van der Waals surface area (Å²) in [6, 6.07) is 9.62. The molecule has 0 unspecified atom stereocenters. The lowest BCUT2D eigenvalue weighted by Gasteiger charge is -2.22. The maximum absolute atomic E-state index is 13.0. The molecule has 0 saturated carbocycles. The van der Waals surface area contributed by atoms with E-state index in [1.807, 2.05) is 17.9 Å². The Labute approximate surface area is 135 Å². The summed E-state index contributed by atoms with van der Waals surface area (Å²) in [5, 5.41) is 10.6. The molecule has 2 heterocycles. The number of hydrogen-bond donors (Lipinski definition) is 0. The van der Waals surface area contributed by atoms with Crippen LogP contribution in [0.5, 0.6) is 0 Å². The number of benzene rings is 1. The zero-order chi connectivity index (χ0) is 16.4. The Hall–Kier alpha value is -2.72. The zero-order valence-electron chi connectivity index (χ0n) is 12.4. The van der Waals surface area contributed by atoms with Crippen LogP contribution >= 0.6 is 11.3 Å². The molecule has 5 nitrogen and oxygen atoms in total. The maximum atomic E-state index is 13.0. The fraction of sp³-hybridized carbons (Fsp3) is 0.188. The minimum absolute atomic E-state index is 0.266. The van der Waals surface area contributed by atoms with E-state index in [2.05, 4.69) is 4.98 Å². The van der Waals surface area contributed by atoms with Crippen LogP contribution in [0.3, 0.4) is 0 Å². The summed E-state index contributed by atoms with van der Waals surface area (Å²) in [5.74, 6) is -0.287. The minimum Gasteiger partial charge on any atom is -0.366 e. The molecule has 2 aromatic heterocycles. The molecule has 0 radical (unpaired) electrons. The first-order valence-electron chi connectivity index (χ1n) is 7.03. The van der Waals surface area contributed by atoms with Crippen molar-refractivity contribution in [2.75, 3.05) is 11.4 Å². The van der Waals surface area contributed by atoms with Crippen LogP contribution in [0.15, 0.2) is 40.5 Å². The van der Waals surface area contributed by atoms with Crippen LogP contribution < -0.4 is 10.5 Å². The largest absolute Gasteiger partial charge is 0.366 e. The molecule has 3 rings (SSSR count). The van der Waals surface area contributed by atoms with E-state index in [1.54, 1.807) is 17.5 Å². The lowest BCUT2D eigenvalue weighted by Crippen LogP contribution is -2.24. The fourth-order valence-electron chi connectivity index (χ4n) is 2.36. The van der Waals surface area contributed by atoms with E-state index in [9.17, 15) is 9.18 Å². The Balaban J connectivity index is 1.95. The van der Waals surface area contributed by atoms with Gasteiger partial charge in [0.05, 0.1) is 12.2 Å². The molecule has 0 spiro atoms. The first kappa shape index (κ1) is 15.2. The Morgan fingerprint density at radius 1 is 1.39 bits per heavy atom. The molecule has 116 valence electrons. The van der Waals surface area contributed by atoms with Crippen LogP contribution in [0, 0.1) is 17.1 Å². The van der Waals surface area contributed by atoms with Gasteiger partial charge in [0, 0.05) is 23.7 Å². The highest BCUT2D eigenvalue weighted by Gasteiger charge is 2.11. The lowest BCUT2D eigenvalue weighted by molar-refractivity contribution is 0.627. The number of aromatic nitrogens is 2. The number of anilines is 1. The second-order valence-electron chi connectivity index (χ2n) is 4.93. The van der Waals surface area contributed by atoms with Gasteiger partial charge in [-0.15, -0.1) is 11.3 Å². The summed E-state index contributed by atoms with van der Waals surface area (Å²) in [4.78, 5) is 19.1. The van der Waals surface area contributed by atoms with Crippen LogP contribution in [0.4, 0.5) is 10.1 Å². The second kappa shape index (κ2) is 6.18. The van der Waals surface area contributed by atoms with Gasteiger partial charge in [-0.2, -0.15) is 5.26 Å². The van der Waals surface area contributed by atoms with E-state index < -0.39 is 0 Å². The number of fused-ring (bicyclic) bond motifs is 1. The van der Waals surface area contributed by atoms with Gasteiger partial charge in [-0.25, -0.2) is 13.8 Å². The van der Waals surface area contributed by atoms with Crippen molar-refractivity contribution in [3.05, 3.63) is 63.3 Å². The van der Waals surface area contributed by atoms with Crippen LogP contribution in [-0.2, 0) is 6.54 Å². The summed E-state index contributed by atoms with van der Waals surface area (Å²) in [5.41, 5.74) is 1.50. The molecule has 0 fully saturated rings. The number of nitrogens with zero attached hydrogens (tertiary/aromatic N) is 4. The third-order valence-corrected chi connectivity index (χ3v) is 4.32. The van der Waals surface area contributed by atoms with Gasteiger partial charge in [-0.3, -0.25) is 4.79 Å². The number of hydrogen-bond acceptors (Lipinski definition) is 5. The highest BCUT2D eigenvalue weighted by molar-refractivity contribution is 7.15. The first-order chi connectivity index (χ1) is 11.1. The average molecular weight is 328 g/mol. The van der Waals surface area contributed by atoms with E-state index in [4.69, 9.17) is 5.26 Å². The van der Waals surface area contributed by atoms with E-state index in [-0.39, 0.29) is 11.4 Å². The van der Waals surface area contributed by atoms with Crippen LogP contribution in [-0.4, -0.2) is 15.9 Å². The summed E-state index contributed by atoms with van der Waals surface area (Å²) in [6.07, 6.45) is 0. The Kier molecular flexibility index (Phi) is 4.08. The number of nitriles is 1. The van der Waals surface area contributed by atoms with Gasteiger partial charge in [0.1, 0.15) is 17.6 Å². The molecule has 23 heavy (non-hydrogen) atoms. The summed E-state index contributed by atoms with van der Waals surface area (Å²) >= 11 is 1.26. The molecular formula is C16H13FN4OS. The Bertz CT molecular complexity index is 939. The van der Waals surface area contributed by atoms with Crippen LogP contribution in [0.2, 0.25) is 0 Å². The van der Waals surface area contributed by atoms with Crippen LogP contribution in [0.25, 0.3) is 4.96 Å². The number of rotatable bonds is 4. The Morgan fingerprint density at radius 3 is 2.78 bits per heavy atom. The van der Waals surface area contributed by atoms with E-state index in [1.165, 1.54) is 33.9 Å². The molecule has 1 aromatic carbocycles. The van der Waals surface area contributed by atoms with Crippen molar-refractivity contribution >= 4 is 22.0 Å². The van der Waals surface area contributed by atoms with Gasteiger partial charge >= 0.3 is 0 Å². The third kappa shape index (κ3) is 2.94. The van der Waals surface area contributed by atoms with Gasteiger partial charge in [0.25, 0.3) is 5.56 Å². The normalized spacial score (nSPS) is 10.7. The van der Waals surface area contributed by atoms with E-state index >= 15 is 0 Å². The molecule has 0 aliphatic carbocycles. The smallest absolute Gasteiger partial charge is 0.259 e. The first-order valence-corrected chi connectivity index (χ1v) is 7.91. The predicted octanol–water partition coefficient (Wildman–Crippen LogP) is 2.79. The third-order valence-electron chi connectivity index (χ3n) is 3.50. The summed E-state index contributed by atoms with van der Waals surface area (Å²) in [6.45, 7) is 3.11. The maximum Gasteiger partial charge on any atom is 0.259 e. The van der Waals surface area contributed by atoms with Gasteiger partial charge < -0.3 is 4.90 Å². The second-order valence-corrected chi connectivity index (χ2v) is 5.76. The van der Waals surface area contributed by atoms with Crippen molar-refractivity contribution in [3.8, 4) is 6.07 Å². The topological polar surface area (TPSA) is 61.4 Å². The highest BCUT2D eigenvalue weighted by Crippen LogP contribution is 2.18. The molecule has 0 saturated heterocycles. The molecule has 0 bridgehead atoms. The van der Waals surface area contributed by atoms with Crippen molar-refractivity contribution in [2.24, 2.45) is 0 Å². The number of halogens is 1. The Morgan fingerprint density at radius 2 is 2.13 bits per heavy atom. The van der Waals surface area contributed by atoms with Gasteiger partial charge in [0.2, 0.25) is 0 Å². The lowest BCUT2D eigenvalue weighted by atomic mass is 10.2. The number of thiazole rings is 1. The van der Waals surface area contributed by atoms with Gasteiger partial charge in [-0.05, 0) is 31.2 Å². The monoisotopic (exact) mass is 328 g/mol. The van der Waals surface area contributed by atoms with Crippen LogP contribution in [0.1, 0.15) is 18.3 Å². The van der Waals surface area contributed by atoms with E-state index in [0.717, 1.165) is 5.69 Å². The summed E-state index contributed by atoms with van der Waals surface area (Å²) in [7, 11) is 0. The fourth-order valence-corrected chi connectivity index (χ4v) is 3.20. The average Bonchev–Trinajstić information content (AvgIpc) is 2.97. The van der Waals surface area contributed by atoms with Gasteiger partial charge in [-0.1, -0.05) is 0 Å². The van der Waals surface area contributed by atoms with E-state index in [0.29, 0.717) is 29.4 Å². The van der Waals surface area contributed by atoms with Crippen molar-refractivity contribution in [1.29, 1.82) is 5.26 Å². The predicted molar refractivity (Wildman–Crippen MR) is 87.2 cm³/mol. The zero-order valence-corrected chi connectivity index (χ0v) is 13.2. The molecule has 0 atom stereocenters. The summed E-state index contributed by atoms with van der Waals surface area (Å²) < 4.78 is 14.4. The SMILES string of the molecule is CCN(Cc1cc(=O)n2c(C#N)csc2n1)c1ccc(F)cc1. The molecule has 7 heteroatoms. The quantitative estimate of drug-likeness (QED) is 0.739. The van der Waals surface area contributed by atoms with Crippen molar-refractivity contribution < 1.29 is 4.39 Å². The molecule has 0 aliphatic heterocycles. The minimum atomic E-state index is -0.287. The van der Waals surface area contributed by atoms with Crippen molar-refractivity contribution in [3.63, 3.8) is 0 Å². The highest BCUT2D eigenvalue weighted by atomic mass is 32.1. The standard InChI is InChI=1S/C16H13FN4OS/c1-2-20(13-5-3-11(17)4-6-13)9-12-7-15(22)21-14(8-18)10-23-16(21)19-12/h3-7,10H,2,9H2,1H3. The van der Waals surface area contributed by atoms with Crippen molar-refractivity contribution in [1.82, 2.24) is 9.38 Å². The molecule has 0 aliphatic rings. The molecular weight excluding hydrogens is 315 g/mol. The molecule has 0 amide bonds. The van der Waals surface area contributed by atoms with Gasteiger partial charge in [0.15, 0.2) is 4.96 Å². The van der Waals surface area contributed by atoms with Crippen molar-refractivity contribution in [2.45, 2.75) is 13.5 Å². The molecule has 3 aromatic rings.